The molecule has 0 saturated carbocycles. The highest BCUT2D eigenvalue weighted by Gasteiger charge is 2.16. The molecule has 2 aromatic rings. The number of fused-ring (bicyclic) bond motifs is 1. The number of aromatic nitrogens is 1. The molecule has 2 heterocycles. The SMILES string of the molecule is COC(=O)Cn1cc(CCN2CCNCC2)c2c(C)ccc(C)c21. The van der Waals surface area contributed by atoms with Gasteiger partial charge >= 0.3 is 5.97 Å². The first-order valence-electron chi connectivity index (χ1n) is 8.68. The van der Waals surface area contributed by atoms with Gasteiger partial charge in [-0.25, -0.2) is 0 Å². The number of methoxy groups -OCH3 is 1. The summed E-state index contributed by atoms with van der Waals surface area (Å²) in [7, 11) is 1.44. The first-order chi connectivity index (χ1) is 11.6. The van der Waals surface area contributed by atoms with Crippen molar-refractivity contribution < 1.29 is 9.53 Å². The number of nitrogens with zero attached hydrogens (tertiary/aromatic N) is 2. The zero-order chi connectivity index (χ0) is 17.1. The molecule has 0 radical (unpaired) electrons. The van der Waals surface area contributed by atoms with Crippen LogP contribution in [0, 0.1) is 13.8 Å². The van der Waals surface area contributed by atoms with Crippen LogP contribution < -0.4 is 5.32 Å². The molecule has 1 aromatic carbocycles. The summed E-state index contributed by atoms with van der Waals surface area (Å²) in [4.78, 5) is 14.3. The quantitative estimate of drug-likeness (QED) is 0.851. The van der Waals surface area contributed by atoms with Gasteiger partial charge in [0.25, 0.3) is 0 Å². The summed E-state index contributed by atoms with van der Waals surface area (Å²) in [6.07, 6.45) is 3.15. The Kier molecular flexibility index (Phi) is 5.21. The molecular formula is C19H27N3O2. The summed E-state index contributed by atoms with van der Waals surface area (Å²) in [5.41, 5.74) is 4.96. The number of esters is 1. The largest absolute Gasteiger partial charge is 0.468 e. The molecule has 1 aromatic heterocycles. The van der Waals surface area contributed by atoms with Crippen molar-refractivity contribution in [3.63, 3.8) is 0 Å². The third kappa shape index (κ3) is 3.47. The number of nitrogens with one attached hydrogen (secondary N) is 1. The lowest BCUT2D eigenvalue weighted by molar-refractivity contribution is -0.141. The van der Waals surface area contributed by atoms with Crippen molar-refractivity contribution in [2.45, 2.75) is 26.8 Å². The molecule has 1 N–H and O–H groups in total. The maximum absolute atomic E-state index is 11.8. The van der Waals surface area contributed by atoms with Crippen LogP contribution >= 0.6 is 0 Å². The van der Waals surface area contributed by atoms with E-state index in [0.717, 1.165) is 44.7 Å². The summed E-state index contributed by atoms with van der Waals surface area (Å²) >= 11 is 0. The molecule has 1 aliphatic rings. The Labute approximate surface area is 143 Å². The fraction of sp³-hybridized carbons (Fsp3) is 0.526. The van der Waals surface area contributed by atoms with Crippen LogP contribution in [-0.4, -0.2) is 55.3 Å². The van der Waals surface area contributed by atoms with Gasteiger partial charge in [0, 0.05) is 44.3 Å². The zero-order valence-corrected chi connectivity index (χ0v) is 14.9. The monoisotopic (exact) mass is 329 g/mol. The number of hydrogen-bond acceptors (Lipinski definition) is 4. The Hall–Kier alpha value is -1.85. The fourth-order valence-electron chi connectivity index (χ4n) is 3.62. The van der Waals surface area contributed by atoms with Gasteiger partial charge in [-0.15, -0.1) is 0 Å². The van der Waals surface area contributed by atoms with Crippen molar-refractivity contribution in [2.75, 3.05) is 39.8 Å². The van der Waals surface area contributed by atoms with Crippen LogP contribution in [0.25, 0.3) is 10.9 Å². The smallest absolute Gasteiger partial charge is 0.325 e. The van der Waals surface area contributed by atoms with E-state index < -0.39 is 0 Å². The highest BCUT2D eigenvalue weighted by Crippen LogP contribution is 2.28. The molecule has 0 aliphatic carbocycles. The van der Waals surface area contributed by atoms with Gasteiger partial charge in [0.2, 0.25) is 0 Å². The average Bonchev–Trinajstić information content (AvgIpc) is 2.96. The molecule has 0 amide bonds. The number of carbonyl (C=O) groups excluding carboxylic acids is 1. The molecule has 0 atom stereocenters. The molecule has 0 bridgehead atoms. The maximum Gasteiger partial charge on any atom is 0.325 e. The Balaban J connectivity index is 1.91. The predicted octanol–water partition coefficient (Wildman–Crippen LogP) is 1.88. The summed E-state index contributed by atoms with van der Waals surface area (Å²) in [5, 5.41) is 4.69. The lowest BCUT2D eigenvalue weighted by Crippen LogP contribution is -2.44. The van der Waals surface area contributed by atoms with E-state index in [1.807, 2.05) is 0 Å². The number of aryl methyl sites for hydroxylation is 2. The van der Waals surface area contributed by atoms with Crippen molar-refractivity contribution in [2.24, 2.45) is 0 Å². The van der Waals surface area contributed by atoms with Crippen molar-refractivity contribution in [1.82, 2.24) is 14.8 Å². The zero-order valence-electron chi connectivity index (χ0n) is 14.9. The van der Waals surface area contributed by atoms with Crippen LogP contribution in [0.4, 0.5) is 0 Å². The Morgan fingerprint density at radius 1 is 1.21 bits per heavy atom. The molecule has 1 saturated heterocycles. The number of piperazine rings is 1. The van der Waals surface area contributed by atoms with Gasteiger partial charge in [-0.2, -0.15) is 0 Å². The van der Waals surface area contributed by atoms with Gasteiger partial charge in [-0.1, -0.05) is 12.1 Å². The van der Waals surface area contributed by atoms with E-state index in [4.69, 9.17) is 4.74 Å². The van der Waals surface area contributed by atoms with Crippen molar-refractivity contribution in [3.05, 3.63) is 35.0 Å². The molecule has 5 heteroatoms. The normalized spacial score (nSPS) is 15.8. The summed E-state index contributed by atoms with van der Waals surface area (Å²) < 4.78 is 6.91. The minimum Gasteiger partial charge on any atom is -0.468 e. The second-order valence-corrected chi connectivity index (χ2v) is 6.62. The van der Waals surface area contributed by atoms with Gasteiger partial charge in [-0.3, -0.25) is 4.79 Å². The lowest BCUT2D eigenvalue weighted by atomic mass is 10.0. The van der Waals surface area contributed by atoms with Gasteiger partial charge in [-0.05, 0) is 37.0 Å². The summed E-state index contributed by atoms with van der Waals surface area (Å²) in [6, 6.07) is 4.31. The molecule has 130 valence electrons. The first-order valence-corrected chi connectivity index (χ1v) is 8.68. The van der Waals surface area contributed by atoms with Crippen LogP contribution in [0.5, 0.6) is 0 Å². The maximum atomic E-state index is 11.8. The summed E-state index contributed by atoms with van der Waals surface area (Å²) in [6.45, 7) is 9.95. The fourth-order valence-corrected chi connectivity index (χ4v) is 3.62. The molecule has 0 unspecified atom stereocenters. The molecule has 5 nitrogen and oxygen atoms in total. The highest BCUT2D eigenvalue weighted by atomic mass is 16.5. The van der Waals surface area contributed by atoms with Gasteiger partial charge in [0.15, 0.2) is 0 Å². The number of rotatable bonds is 5. The van der Waals surface area contributed by atoms with E-state index in [9.17, 15) is 4.79 Å². The predicted molar refractivity (Wildman–Crippen MR) is 96.4 cm³/mol. The number of ether oxygens (including phenoxy) is 1. The molecule has 1 fully saturated rings. The first kappa shape index (κ1) is 17.0. The van der Waals surface area contributed by atoms with Crippen molar-refractivity contribution in [3.8, 4) is 0 Å². The van der Waals surface area contributed by atoms with Crippen LogP contribution in [-0.2, 0) is 22.5 Å². The number of benzene rings is 1. The van der Waals surface area contributed by atoms with Crippen LogP contribution in [0.3, 0.4) is 0 Å². The molecule has 1 aliphatic heterocycles. The van der Waals surface area contributed by atoms with Crippen molar-refractivity contribution in [1.29, 1.82) is 0 Å². The molecular weight excluding hydrogens is 302 g/mol. The highest BCUT2D eigenvalue weighted by molar-refractivity contribution is 5.90. The molecule has 24 heavy (non-hydrogen) atoms. The summed E-state index contributed by atoms with van der Waals surface area (Å²) in [5.74, 6) is -0.207. The molecule has 3 rings (SSSR count). The van der Waals surface area contributed by atoms with Gasteiger partial charge < -0.3 is 19.5 Å². The van der Waals surface area contributed by atoms with E-state index in [1.165, 1.54) is 29.2 Å². The Morgan fingerprint density at radius 3 is 2.62 bits per heavy atom. The van der Waals surface area contributed by atoms with E-state index in [2.05, 4.69) is 47.0 Å². The molecule has 0 spiro atoms. The Bertz CT molecular complexity index is 730. The number of carbonyl (C=O) groups is 1. The van der Waals surface area contributed by atoms with E-state index in [-0.39, 0.29) is 12.5 Å². The van der Waals surface area contributed by atoms with Crippen molar-refractivity contribution >= 4 is 16.9 Å². The van der Waals surface area contributed by atoms with Crippen LogP contribution in [0.2, 0.25) is 0 Å². The van der Waals surface area contributed by atoms with Gasteiger partial charge in [0.1, 0.15) is 6.54 Å². The van der Waals surface area contributed by atoms with E-state index in [0.29, 0.717) is 0 Å². The average molecular weight is 329 g/mol. The standard InChI is InChI=1S/C19H27N3O2/c1-14-4-5-15(2)19-18(14)16(12-22(19)13-17(23)24-3)6-9-21-10-7-20-8-11-21/h4-5,12,20H,6-11,13H2,1-3H3. The van der Waals surface area contributed by atoms with E-state index >= 15 is 0 Å². The lowest BCUT2D eigenvalue weighted by Gasteiger charge is -2.27. The third-order valence-corrected chi connectivity index (χ3v) is 4.94. The van der Waals surface area contributed by atoms with Crippen LogP contribution in [0.1, 0.15) is 16.7 Å². The minimum atomic E-state index is -0.207. The Morgan fingerprint density at radius 2 is 1.92 bits per heavy atom. The topological polar surface area (TPSA) is 46.5 Å². The third-order valence-electron chi connectivity index (χ3n) is 4.94. The second kappa shape index (κ2) is 7.36. The number of hydrogen-bond donors (Lipinski definition) is 1. The minimum absolute atomic E-state index is 0.207. The van der Waals surface area contributed by atoms with Gasteiger partial charge in [0.05, 0.1) is 12.6 Å². The van der Waals surface area contributed by atoms with E-state index in [1.54, 1.807) is 0 Å². The second-order valence-electron chi connectivity index (χ2n) is 6.62. The van der Waals surface area contributed by atoms with Crippen LogP contribution in [0.15, 0.2) is 18.3 Å².